The molecule has 0 aliphatic heterocycles. The van der Waals surface area contributed by atoms with Gasteiger partial charge in [-0.15, -0.1) is 13.2 Å². The number of fused-ring (bicyclic) bond motifs is 3. The van der Waals surface area contributed by atoms with Crippen molar-refractivity contribution in [3.05, 3.63) is 89.0 Å². The van der Waals surface area contributed by atoms with Crippen molar-refractivity contribution in [1.82, 2.24) is 0 Å². The number of halogens is 4. The van der Waals surface area contributed by atoms with E-state index in [4.69, 9.17) is 0 Å². The van der Waals surface area contributed by atoms with E-state index in [1.54, 1.807) is 12.1 Å². The van der Waals surface area contributed by atoms with Crippen molar-refractivity contribution in [3.8, 4) is 11.1 Å². The van der Waals surface area contributed by atoms with Gasteiger partial charge in [-0.3, -0.25) is 0 Å². The number of hydrogen-bond donors (Lipinski definition) is 0. The molecule has 0 nitrogen and oxygen atoms in total. The van der Waals surface area contributed by atoms with E-state index in [0.717, 1.165) is 56.9 Å². The van der Waals surface area contributed by atoms with Crippen LogP contribution < -0.4 is 0 Å². The molecule has 1 unspecified atom stereocenters. The number of allylic oxidation sites excluding steroid dienone is 4. The molecule has 1 saturated carbocycles. The molecule has 4 heteroatoms. The molecule has 2 aromatic rings. The third-order valence-corrected chi connectivity index (χ3v) is 8.43. The maximum Gasteiger partial charge on any atom is 0.167 e. The molecule has 0 spiro atoms. The van der Waals surface area contributed by atoms with Gasteiger partial charge in [0, 0.05) is 16.7 Å². The molecule has 3 aliphatic rings. The van der Waals surface area contributed by atoms with Crippen LogP contribution in [0.2, 0.25) is 0 Å². The fourth-order valence-electron chi connectivity index (χ4n) is 6.36. The summed E-state index contributed by atoms with van der Waals surface area (Å²) in [6, 6.07) is 3.36. The number of benzene rings is 2. The van der Waals surface area contributed by atoms with E-state index in [1.807, 2.05) is 18.2 Å². The Labute approximate surface area is 205 Å². The van der Waals surface area contributed by atoms with Gasteiger partial charge < -0.3 is 0 Å². The van der Waals surface area contributed by atoms with Crippen molar-refractivity contribution in [2.75, 3.05) is 0 Å². The second-order valence-electron chi connectivity index (χ2n) is 10.5. The molecule has 35 heavy (non-hydrogen) atoms. The minimum absolute atomic E-state index is 0.0409. The fourth-order valence-corrected chi connectivity index (χ4v) is 6.36. The number of hydrogen-bond acceptors (Lipinski definition) is 0. The zero-order valence-corrected chi connectivity index (χ0v) is 20.1. The van der Waals surface area contributed by atoms with Crippen LogP contribution in [-0.2, 0) is 6.42 Å². The van der Waals surface area contributed by atoms with Crippen molar-refractivity contribution in [3.63, 3.8) is 0 Å². The first-order chi connectivity index (χ1) is 16.9. The predicted octanol–water partition coefficient (Wildman–Crippen LogP) is 9.42. The Morgan fingerprint density at radius 1 is 0.829 bits per heavy atom. The normalized spacial score (nSPS) is 23.4. The Hall–Kier alpha value is -2.62. The fraction of sp³-hybridized carbons (Fsp3) is 0.419. The predicted molar refractivity (Wildman–Crippen MR) is 134 cm³/mol. The summed E-state index contributed by atoms with van der Waals surface area (Å²) in [4.78, 5) is 0. The minimum Gasteiger partial charge on any atom is -0.203 e. The molecule has 0 bridgehead atoms. The van der Waals surface area contributed by atoms with Gasteiger partial charge in [0.2, 0.25) is 0 Å². The van der Waals surface area contributed by atoms with E-state index in [2.05, 4.69) is 13.2 Å². The van der Waals surface area contributed by atoms with Crippen molar-refractivity contribution in [2.45, 2.75) is 70.1 Å². The second-order valence-corrected chi connectivity index (χ2v) is 10.5. The summed E-state index contributed by atoms with van der Waals surface area (Å²) in [5.41, 5.74) is 2.29. The molecular weight excluding hydrogens is 448 g/mol. The van der Waals surface area contributed by atoms with Crippen molar-refractivity contribution in [1.29, 1.82) is 0 Å². The summed E-state index contributed by atoms with van der Waals surface area (Å²) >= 11 is 0. The van der Waals surface area contributed by atoms with Crippen LogP contribution >= 0.6 is 0 Å². The van der Waals surface area contributed by atoms with Crippen LogP contribution in [0, 0.1) is 35.1 Å². The topological polar surface area (TPSA) is 0 Å². The van der Waals surface area contributed by atoms with Crippen LogP contribution in [0.15, 0.2) is 43.5 Å². The Bertz CT molecular complexity index is 1200. The summed E-state index contributed by atoms with van der Waals surface area (Å²) in [5, 5.41) is 0. The van der Waals surface area contributed by atoms with Crippen molar-refractivity contribution >= 4 is 5.57 Å². The summed E-state index contributed by atoms with van der Waals surface area (Å²) in [5.74, 6) is -3.08. The largest absolute Gasteiger partial charge is 0.203 e. The lowest BCUT2D eigenvalue weighted by Gasteiger charge is -2.29. The number of rotatable bonds is 6. The zero-order chi connectivity index (χ0) is 24.7. The molecule has 184 valence electrons. The van der Waals surface area contributed by atoms with E-state index in [9.17, 15) is 0 Å². The van der Waals surface area contributed by atoms with Gasteiger partial charge >= 0.3 is 0 Å². The lowest BCUT2D eigenvalue weighted by Crippen LogP contribution is -2.15. The molecule has 0 heterocycles. The molecule has 0 aromatic heterocycles. The SMILES string of the molecule is C=CCCC1CCC(c2cc3c(c(F)c2F)-c2c(cc(C4=CCC(C=C)CC4)c(F)c2F)C3)CC1. The molecule has 0 saturated heterocycles. The Morgan fingerprint density at radius 2 is 1.51 bits per heavy atom. The lowest BCUT2D eigenvalue weighted by molar-refractivity contribution is 0.306. The highest BCUT2D eigenvalue weighted by Crippen LogP contribution is 2.47. The maximum absolute atomic E-state index is 15.4. The molecule has 0 amide bonds. The summed E-state index contributed by atoms with van der Waals surface area (Å²) in [6.45, 7) is 7.60. The van der Waals surface area contributed by atoms with E-state index in [1.165, 1.54) is 0 Å². The second kappa shape index (κ2) is 9.79. The quantitative estimate of drug-likeness (QED) is 0.243. The minimum atomic E-state index is -1.07. The van der Waals surface area contributed by atoms with Gasteiger partial charge in [-0.25, -0.2) is 17.6 Å². The summed E-state index contributed by atoms with van der Waals surface area (Å²) in [7, 11) is 0. The molecule has 0 radical (unpaired) electrons. The van der Waals surface area contributed by atoms with Crippen LogP contribution in [0.4, 0.5) is 17.6 Å². The standard InChI is InChI=1S/C31H32F4/c1-3-5-6-19-9-13-21(14-10-19)25-17-23-15-22-16-24(20-11-7-18(4-2)8-12-20)28(32)30(34)26(22)27(23)31(35)29(25)33/h3-4,11,16-19,21H,1-2,5-10,12-15H2. The van der Waals surface area contributed by atoms with Crippen LogP contribution in [-0.4, -0.2) is 0 Å². The van der Waals surface area contributed by atoms with E-state index in [-0.39, 0.29) is 29.0 Å². The highest BCUT2D eigenvalue weighted by molar-refractivity contribution is 5.81. The first-order valence-electron chi connectivity index (χ1n) is 12.9. The first kappa shape index (κ1) is 24.1. The third-order valence-electron chi connectivity index (χ3n) is 8.43. The average molecular weight is 481 g/mol. The summed E-state index contributed by atoms with van der Waals surface area (Å²) < 4.78 is 61.2. The molecule has 1 fully saturated rings. The molecule has 5 rings (SSSR count). The van der Waals surface area contributed by atoms with Gasteiger partial charge in [0.05, 0.1) is 0 Å². The van der Waals surface area contributed by atoms with Gasteiger partial charge in [-0.05, 0) is 110 Å². The average Bonchev–Trinajstić information content (AvgIpc) is 3.26. The summed E-state index contributed by atoms with van der Waals surface area (Å²) in [6.07, 6.45) is 14.0. The molecule has 3 aliphatic carbocycles. The van der Waals surface area contributed by atoms with Crippen LogP contribution in [0.5, 0.6) is 0 Å². The van der Waals surface area contributed by atoms with Gasteiger partial charge in [0.25, 0.3) is 0 Å². The smallest absolute Gasteiger partial charge is 0.167 e. The molecule has 1 atom stereocenters. The molecule has 0 N–H and O–H groups in total. The highest BCUT2D eigenvalue weighted by Gasteiger charge is 2.34. The zero-order valence-electron chi connectivity index (χ0n) is 20.1. The van der Waals surface area contributed by atoms with E-state index >= 15 is 17.6 Å². The lowest BCUT2D eigenvalue weighted by atomic mass is 9.76. The van der Waals surface area contributed by atoms with Crippen LogP contribution in [0.25, 0.3) is 16.7 Å². The van der Waals surface area contributed by atoms with E-state index < -0.39 is 23.3 Å². The van der Waals surface area contributed by atoms with Crippen LogP contribution in [0.1, 0.15) is 86.0 Å². The third kappa shape index (κ3) is 4.30. The Morgan fingerprint density at radius 3 is 2.14 bits per heavy atom. The van der Waals surface area contributed by atoms with Crippen molar-refractivity contribution in [2.24, 2.45) is 11.8 Å². The van der Waals surface area contributed by atoms with Gasteiger partial charge in [0.1, 0.15) is 0 Å². The Balaban J connectivity index is 1.46. The maximum atomic E-state index is 15.4. The monoisotopic (exact) mass is 480 g/mol. The van der Waals surface area contributed by atoms with Crippen molar-refractivity contribution < 1.29 is 17.6 Å². The first-order valence-corrected chi connectivity index (χ1v) is 12.9. The molecular formula is C31H32F4. The molecule has 2 aromatic carbocycles. The van der Waals surface area contributed by atoms with Gasteiger partial charge in [-0.2, -0.15) is 0 Å². The Kier molecular flexibility index (Phi) is 6.74. The van der Waals surface area contributed by atoms with Gasteiger partial charge in [0.15, 0.2) is 23.3 Å². The van der Waals surface area contributed by atoms with E-state index in [0.29, 0.717) is 34.9 Å². The van der Waals surface area contributed by atoms with Gasteiger partial charge in [-0.1, -0.05) is 24.3 Å². The van der Waals surface area contributed by atoms with Crippen LogP contribution in [0.3, 0.4) is 0 Å². The highest BCUT2D eigenvalue weighted by atomic mass is 19.2.